The van der Waals surface area contributed by atoms with E-state index < -0.39 is 0 Å². The maximum absolute atomic E-state index is 11.4. The molecule has 0 bridgehead atoms. The van der Waals surface area contributed by atoms with E-state index in [0.29, 0.717) is 5.56 Å². The molecular weight excluding hydrogens is 242 g/mol. The van der Waals surface area contributed by atoms with Gasteiger partial charge in [-0.1, -0.05) is 6.07 Å². The van der Waals surface area contributed by atoms with Gasteiger partial charge in [-0.2, -0.15) is 5.26 Å². The van der Waals surface area contributed by atoms with Crippen LogP contribution in [0.1, 0.15) is 31.2 Å². The summed E-state index contributed by atoms with van der Waals surface area (Å²) < 4.78 is 10.6. The van der Waals surface area contributed by atoms with Crippen molar-refractivity contribution in [3.63, 3.8) is 0 Å². The van der Waals surface area contributed by atoms with E-state index in [1.165, 1.54) is 7.11 Å². The first kappa shape index (κ1) is 13.4. The number of nitriles is 1. The Kier molecular flexibility index (Phi) is 4.40. The van der Waals surface area contributed by atoms with E-state index in [4.69, 9.17) is 14.7 Å². The summed E-state index contributed by atoms with van der Waals surface area (Å²) >= 11 is 0. The third-order valence-electron chi connectivity index (χ3n) is 3.47. The van der Waals surface area contributed by atoms with E-state index in [0.717, 1.165) is 31.4 Å². The van der Waals surface area contributed by atoms with Crippen molar-refractivity contribution in [1.29, 1.82) is 5.26 Å². The second kappa shape index (κ2) is 6.24. The lowest BCUT2D eigenvalue weighted by Crippen LogP contribution is -2.28. The van der Waals surface area contributed by atoms with Gasteiger partial charge in [-0.3, -0.25) is 4.79 Å². The van der Waals surface area contributed by atoms with Gasteiger partial charge >= 0.3 is 5.97 Å². The van der Waals surface area contributed by atoms with Crippen LogP contribution in [0.25, 0.3) is 0 Å². The number of ether oxygens (including phenoxy) is 2. The maximum Gasteiger partial charge on any atom is 0.308 e. The van der Waals surface area contributed by atoms with Gasteiger partial charge in [0.25, 0.3) is 0 Å². The normalized spacial score (nSPS) is 22.3. The molecule has 2 rings (SSSR count). The van der Waals surface area contributed by atoms with Crippen LogP contribution < -0.4 is 4.74 Å². The second-order valence-electron chi connectivity index (χ2n) is 4.75. The molecule has 0 unspecified atom stereocenters. The smallest absolute Gasteiger partial charge is 0.308 e. The lowest BCUT2D eigenvalue weighted by molar-refractivity contribution is -0.147. The average Bonchev–Trinajstić information content (AvgIpc) is 2.47. The summed E-state index contributed by atoms with van der Waals surface area (Å²) in [6.07, 6.45) is 3.41. The van der Waals surface area contributed by atoms with Gasteiger partial charge in [-0.15, -0.1) is 0 Å². The molecule has 0 N–H and O–H groups in total. The zero-order valence-corrected chi connectivity index (χ0v) is 11.0. The van der Waals surface area contributed by atoms with Crippen LogP contribution in [0.15, 0.2) is 24.3 Å². The first-order valence-electron chi connectivity index (χ1n) is 6.47. The van der Waals surface area contributed by atoms with E-state index in [1.807, 2.05) is 12.1 Å². The van der Waals surface area contributed by atoms with E-state index in [-0.39, 0.29) is 18.0 Å². The van der Waals surface area contributed by atoms with Gasteiger partial charge in [-0.05, 0) is 43.9 Å². The number of benzene rings is 1. The minimum Gasteiger partial charge on any atom is -0.490 e. The first-order chi connectivity index (χ1) is 9.22. The van der Waals surface area contributed by atoms with Crippen molar-refractivity contribution in [3.8, 4) is 11.8 Å². The molecule has 1 saturated carbocycles. The van der Waals surface area contributed by atoms with Gasteiger partial charge in [0.2, 0.25) is 0 Å². The lowest BCUT2D eigenvalue weighted by Gasteiger charge is -2.27. The summed E-state index contributed by atoms with van der Waals surface area (Å²) in [6, 6.07) is 9.25. The third-order valence-corrected chi connectivity index (χ3v) is 3.47. The number of nitrogens with zero attached hydrogens (tertiary/aromatic N) is 1. The van der Waals surface area contributed by atoms with Gasteiger partial charge in [0.05, 0.1) is 30.8 Å². The summed E-state index contributed by atoms with van der Waals surface area (Å²) in [4.78, 5) is 11.4. The minimum atomic E-state index is -0.120. The summed E-state index contributed by atoms with van der Waals surface area (Å²) in [5.74, 6) is 0.612. The van der Waals surface area contributed by atoms with Crippen LogP contribution in [0, 0.1) is 17.2 Å². The topological polar surface area (TPSA) is 59.3 Å². The quantitative estimate of drug-likeness (QED) is 0.783. The Morgan fingerprint density at radius 1 is 1.32 bits per heavy atom. The van der Waals surface area contributed by atoms with Gasteiger partial charge < -0.3 is 9.47 Å². The van der Waals surface area contributed by atoms with Gasteiger partial charge in [0.1, 0.15) is 5.75 Å². The van der Waals surface area contributed by atoms with Crippen LogP contribution in [0.3, 0.4) is 0 Å². The van der Waals surface area contributed by atoms with Crippen molar-refractivity contribution in [2.24, 2.45) is 5.92 Å². The predicted molar refractivity (Wildman–Crippen MR) is 69.5 cm³/mol. The SMILES string of the molecule is COC(=O)[C@H]1CC[C@H](Oc2cccc(C#N)c2)CC1. The zero-order valence-electron chi connectivity index (χ0n) is 11.0. The average molecular weight is 259 g/mol. The zero-order chi connectivity index (χ0) is 13.7. The van der Waals surface area contributed by atoms with Crippen LogP contribution >= 0.6 is 0 Å². The highest BCUT2D eigenvalue weighted by Gasteiger charge is 2.27. The van der Waals surface area contributed by atoms with Crippen LogP contribution in [-0.4, -0.2) is 19.2 Å². The number of hydrogen-bond acceptors (Lipinski definition) is 4. The molecule has 1 aromatic carbocycles. The Morgan fingerprint density at radius 2 is 2.05 bits per heavy atom. The minimum absolute atomic E-state index is 0.00953. The van der Waals surface area contributed by atoms with E-state index in [1.54, 1.807) is 12.1 Å². The summed E-state index contributed by atoms with van der Waals surface area (Å²) in [5, 5.41) is 8.83. The molecule has 4 nitrogen and oxygen atoms in total. The number of carbonyl (C=O) groups is 1. The second-order valence-corrected chi connectivity index (χ2v) is 4.75. The molecule has 1 aliphatic carbocycles. The monoisotopic (exact) mass is 259 g/mol. The number of rotatable bonds is 3. The lowest BCUT2D eigenvalue weighted by atomic mass is 9.87. The van der Waals surface area contributed by atoms with Gasteiger partial charge in [0.15, 0.2) is 0 Å². The maximum atomic E-state index is 11.4. The van der Waals surface area contributed by atoms with Crippen molar-refractivity contribution in [2.75, 3.05) is 7.11 Å². The van der Waals surface area contributed by atoms with Gasteiger partial charge in [-0.25, -0.2) is 0 Å². The Labute approximate surface area is 112 Å². The molecular formula is C15H17NO3. The number of hydrogen-bond donors (Lipinski definition) is 0. The Balaban J connectivity index is 1.89. The van der Waals surface area contributed by atoms with Crippen molar-refractivity contribution >= 4 is 5.97 Å². The molecule has 19 heavy (non-hydrogen) atoms. The standard InChI is InChI=1S/C15H17NO3/c1-18-15(17)12-5-7-13(8-6-12)19-14-4-2-3-11(9-14)10-16/h2-4,9,12-13H,5-8H2,1H3/t12-,13-. The molecule has 100 valence electrons. The molecule has 4 heteroatoms. The van der Waals surface area contributed by atoms with Crippen molar-refractivity contribution in [2.45, 2.75) is 31.8 Å². The highest BCUT2D eigenvalue weighted by Crippen LogP contribution is 2.28. The van der Waals surface area contributed by atoms with E-state index in [2.05, 4.69) is 6.07 Å². The third kappa shape index (κ3) is 3.47. The molecule has 1 aliphatic rings. The van der Waals surface area contributed by atoms with Crippen LogP contribution in [0.4, 0.5) is 0 Å². The van der Waals surface area contributed by atoms with Crippen LogP contribution in [0.5, 0.6) is 5.75 Å². The molecule has 0 aliphatic heterocycles. The number of methoxy groups -OCH3 is 1. The fraction of sp³-hybridized carbons (Fsp3) is 0.467. The largest absolute Gasteiger partial charge is 0.490 e. The molecule has 1 aromatic rings. The van der Waals surface area contributed by atoms with Crippen molar-refractivity contribution in [3.05, 3.63) is 29.8 Å². The van der Waals surface area contributed by atoms with Gasteiger partial charge in [0, 0.05) is 0 Å². The fourth-order valence-corrected chi connectivity index (χ4v) is 2.41. The fourth-order valence-electron chi connectivity index (χ4n) is 2.41. The van der Waals surface area contributed by atoms with Crippen LogP contribution in [0.2, 0.25) is 0 Å². The molecule has 0 atom stereocenters. The Morgan fingerprint density at radius 3 is 2.68 bits per heavy atom. The van der Waals surface area contributed by atoms with Crippen molar-refractivity contribution in [1.82, 2.24) is 0 Å². The molecule has 1 fully saturated rings. The van der Waals surface area contributed by atoms with E-state index in [9.17, 15) is 4.79 Å². The van der Waals surface area contributed by atoms with Crippen molar-refractivity contribution < 1.29 is 14.3 Å². The molecule has 0 saturated heterocycles. The highest BCUT2D eigenvalue weighted by molar-refractivity contribution is 5.72. The number of carbonyl (C=O) groups excluding carboxylic acids is 1. The Bertz CT molecular complexity index is 484. The molecule has 0 spiro atoms. The van der Waals surface area contributed by atoms with Crippen LogP contribution in [-0.2, 0) is 9.53 Å². The molecule has 0 aromatic heterocycles. The molecule has 0 radical (unpaired) electrons. The summed E-state index contributed by atoms with van der Waals surface area (Å²) in [7, 11) is 1.43. The first-order valence-corrected chi connectivity index (χ1v) is 6.47. The summed E-state index contributed by atoms with van der Waals surface area (Å²) in [5.41, 5.74) is 0.598. The summed E-state index contributed by atoms with van der Waals surface area (Å²) in [6.45, 7) is 0. The molecule has 0 amide bonds. The Hall–Kier alpha value is -2.02. The predicted octanol–water partition coefficient (Wildman–Crippen LogP) is 2.67. The number of esters is 1. The molecule has 0 heterocycles. The van der Waals surface area contributed by atoms with E-state index >= 15 is 0 Å². The highest BCUT2D eigenvalue weighted by atomic mass is 16.5.